The number of hydrogen-bond acceptors (Lipinski definition) is 1. The molecular formula is C26H15BrN2. The highest BCUT2D eigenvalue weighted by atomic mass is 79.9. The van der Waals surface area contributed by atoms with Gasteiger partial charge in [0.1, 0.15) is 11.2 Å². The van der Waals surface area contributed by atoms with E-state index in [4.69, 9.17) is 4.98 Å². The molecule has 0 N–H and O–H groups in total. The van der Waals surface area contributed by atoms with Crippen molar-refractivity contribution in [3.8, 4) is 16.8 Å². The number of fused-ring (bicyclic) bond motifs is 12. The van der Waals surface area contributed by atoms with Crippen LogP contribution in [0.3, 0.4) is 0 Å². The van der Waals surface area contributed by atoms with Crippen LogP contribution in [0.5, 0.6) is 0 Å². The minimum Gasteiger partial charge on any atom is -0.295 e. The van der Waals surface area contributed by atoms with E-state index >= 15 is 0 Å². The van der Waals surface area contributed by atoms with Gasteiger partial charge in [-0.3, -0.25) is 4.57 Å². The standard InChI is InChI=1S/C26H15BrN2/c27-16-13-14-21-24(15-16)29-23-12-6-5-11-22(23)28-25(29)26(21)19-9-3-1-7-17(19)18-8-2-4-10-20(18)26/h1-15H. The highest BCUT2D eigenvalue weighted by molar-refractivity contribution is 9.10. The first kappa shape index (κ1) is 15.7. The van der Waals surface area contributed by atoms with Crippen molar-refractivity contribution >= 4 is 27.0 Å². The van der Waals surface area contributed by atoms with Gasteiger partial charge in [0.15, 0.2) is 0 Å². The topological polar surface area (TPSA) is 17.8 Å². The van der Waals surface area contributed by atoms with Gasteiger partial charge < -0.3 is 0 Å². The van der Waals surface area contributed by atoms with Crippen LogP contribution in [-0.4, -0.2) is 9.55 Å². The maximum Gasteiger partial charge on any atom is 0.134 e. The van der Waals surface area contributed by atoms with E-state index in [1.54, 1.807) is 0 Å². The van der Waals surface area contributed by atoms with Crippen LogP contribution in [-0.2, 0) is 5.41 Å². The fourth-order valence-corrected chi connectivity index (χ4v) is 5.76. The molecule has 1 spiro atoms. The number of rotatable bonds is 0. The number of aromatic nitrogens is 2. The van der Waals surface area contributed by atoms with Crippen LogP contribution in [0.15, 0.2) is 95.5 Å². The van der Waals surface area contributed by atoms with Crippen LogP contribution < -0.4 is 0 Å². The average molecular weight is 435 g/mol. The summed E-state index contributed by atoms with van der Waals surface area (Å²) < 4.78 is 3.44. The molecule has 7 rings (SSSR count). The maximum absolute atomic E-state index is 5.22. The molecular weight excluding hydrogens is 420 g/mol. The van der Waals surface area contributed by atoms with E-state index in [2.05, 4.69) is 111 Å². The number of para-hydroxylation sites is 2. The molecule has 0 radical (unpaired) electrons. The van der Waals surface area contributed by atoms with Gasteiger partial charge in [-0.2, -0.15) is 0 Å². The summed E-state index contributed by atoms with van der Waals surface area (Å²) in [6, 6.07) is 32.7. The summed E-state index contributed by atoms with van der Waals surface area (Å²) in [4.78, 5) is 5.22. The Hall–Kier alpha value is -3.17. The second-order valence-corrected chi connectivity index (χ2v) is 8.68. The zero-order valence-electron chi connectivity index (χ0n) is 15.4. The molecule has 1 aliphatic carbocycles. The monoisotopic (exact) mass is 434 g/mol. The van der Waals surface area contributed by atoms with Crippen molar-refractivity contribution in [1.82, 2.24) is 9.55 Å². The number of nitrogens with zero attached hydrogens (tertiary/aromatic N) is 2. The molecule has 0 atom stereocenters. The van der Waals surface area contributed by atoms with Gasteiger partial charge in [-0.1, -0.05) is 82.7 Å². The van der Waals surface area contributed by atoms with E-state index in [0.29, 0.717) is 0 Å². The van der Waals surface area contributed by atoms with Gasteiger partial charge in [0, 0.05) is 4.47 Å². The molecule has 2 heterocycles. The van der Waals surface area contributed by atoms with Gasteiger partial charge in [-0.15, -0.1) is 0 Å². The molecule has 2 nitrogen and oxygen atoms in total. The van der Waals surface area contributed by atoms with E-state index in [-0.39, 0.29) is 5.41 Å². The van der Waals surface area contributed by atoms with Crippen molar-refractivity contribution in [1.29, 1.82) is 0 Å². The van der Waals surface area contributed by atoms with Crippen molar-refractivity contribution in [3.05, 3.63) is 118 Å². The Balaban J connectivity index is 1.76. The molecule has 29 heavy (non-hydrogen) atoms. The molecule has 0 fully saturated rings. The molecule has 5 aromatic rings. The first-order valence-electron chi connectivity index (χ1n) is 9.78. The maximum atomic E-state index is 5.22. The molecule has 0 bridgehead atoms. The minimum atomic E-state index is -0.387. The SMILES string of the molecule is Brc1ccc2c(c1)-n1c(nc3ccccc31)C21c2ccccc2-c2ccccc21. The number of halogens is 1. The third-order valence-electron chi connectivity index (χ3n) is 6.45. The Kier molecular flexibility index (Phi) is 2.84. The zero-order valence-corrected chi connectivity index (χ0v) is 17.0. The zero-order chi connectivity index (χ0) is 19.2. The number of benzene rings is 4. The smallest absolute Gasteiger partial charge is 0.134 e. The van der Waals surface area contributed by atoms with Gasteiger partial charge >= 0.3 is 0 Å². The summed E-state index contributed by atoms with van der Waals surface area (Å²) in [5.74, 6) is 1.09. The number of hydrogen-bond donors (Lipinski definition) is 0. The fourth-order valence-electron chi connectivity index (χ4n) is 5.41. The van der Waals surface area contributed by atoms with Crippen LogP contribution in [0.25, 0.3) is 27.8 Å². The summed E-state index contributed by atoms with van der Waals surface area (Å²) in [7, 11) is 0. The van der Waals surface area contributed by atoms with Crippen LogP contribution in [0.4, 0.5) is 0 Å². The molecule has 0 amide bonds. The van der Waals surface area contributed by atoms with Gasteiger partial charge in [-0.05, 0) is 52.1 Å². The lowest BCUT2D eigenvalue weighted by Gasteiger charge is -2.27. The van der Waals surface area contributed by atoms with Crippen LogP contribution in [0, 0.1) is 0 Å². The van der Waals surface area contributed by atoms with Gasteiger partial charge in [0.25, 0.3) is 0 Å². The third-order valence-corrected chi connectivity index (χ3v) is 6.95. The summed E-state index contributed by atoms with van der Waals surface area (Å²) in [6.45, 7) is 0. The second kappa shape index (κ2) is 5.25. The van der Waals surface area contributed by atoms with E-state index in [1.807, 2.05) is 0 Å². The van der Waals surface area contributed by atoms with Gasteiger partial charge in [0.05, 0.1) is 16.7 Å². The molecule has 2 aliphatic rings. The predicted octanol–water partition coefficient (Wildman–Crippen LogP) is 6.46. The predicted molar refractivity (Wildman–Crippen MR) is 120 cm³/mol. The average Bonchev–Trinajstić information content (AvgIpc) is 3.37. The molecule has 4 aromatic carbocycles. The van der Waals surface area contributed by atoms with Crippen LogP contribution in [0.1, 0.15) is 22.5 Å². The van der Waals surface area contributed by atoms with E-state index in [1.165, 1.54) is 33.5 Å². The van der Waals surface area contributed by atoms with Crippen LogP contribution in [0.2, 0.25) is 0 Å². The van der Waals surface area contributed by atoms with Crippen LogP contribution >= 0.6 is 15.9 Å². The molecule has 3 heteroatoms. The Morgan fingerprint density at radius 3 is 2.10 bits per heavy atom. The highest BCUT2D eigenvalue weighted by Crippen LogP contribution is 2.60. The summed E-state index contributed by atoms with van der Waals surface area (Å²) in [6.07, 6.45) is 0. The Morgan fingerprint density at radius 1 is 0.690 bits per heavy atom. The first-order valence-corrected chi connectivity index (χ1v) is 10.6. The van der Waals surface area contributed by atoms with E-state index in [9.17, 15) is 0 Å². The van der Waals surface area contributed by atoms with Gasteiger partial charge in [-0.25, -0.2) is 4.98 Å². The number of imidazole rings is 1. The van der Waals surface area contributed by atoms with Crippen molar-refractivity contribution in [2.45, 2.75) is 5.41 Å². The Bertz CT molecular complexity index is 1430. The molecule has 0 saturated carbocycles. The molecule has 136 valence electrons. The summed E-state index contributed by atoms with van der Waals surface area (Å²) >= 11 is 3.70. The molecule has 0 saturated heterocycles. The first-order chi connectivity index (χ1) is 14.3. The minimum absolute atomic E-state index is 0.387. The van der Waals surface area contributed by atoms with Crippen molar-refractivity contribution in [2.75, 3.05) is 0 Å². The summed E-state index contributed by atoms with van der Waals surface area (Å²) in [5, 5.41) is 0. The molecule has 1 aliphatic heterocycles. The largest absolute Gasteiger partial charge is 0.295 e. The lowest BCUT2D eigenvalue weighted by atomic mass is 9.73. The second-order valence-electron chi connectivity index (χ2n) is 7.76. The Labute approximate surface area is 176 Å². The lowest BCUT2D eigenvalue weighted by Crippen LogP contribution is -2.27. The van der Waals surface area contributed by atoms with Gasteiger partial charge in [0.2, 0.25) is 0 Å². The van der Waals surface area contributed by atoms with Crippen molar-refractivity contribution in [2.24, 2.45) is 0 Å². The quantitative estimate of drug-likeness (QED) is 0.267. The van der Waals surface area contributed by atoms with Crippen molar-refractivity contribution in [3.63, 3.8) is 0 Å². The highest BCUT2D eigenvalue weighted by Gasteiger charge is 2.54. The van der Waals surface area contributed by atoms with Crippen molar-refractivity contribution < 1.29 is 0 Å². The summed E-state index contributed by atoms with van der Waals surface area (Å²) in [5.41, 5.74) is 9.55. The molecule has 1 aromatic heterocycles. The lowest BCUT2D eigenvalue weighted by molar-refractivity contribution is 0.738. The third kappa shape index (κ3) is 1.72. The molecule has 0 unspecified atom stereocenters. The fraction of sp³-hybridized carbons (Fsp3) is 0.0385. The Morgan fingerprint density at radius 2 is 1.34 bits per heavy atom. The normalized spacial score (nSPS) is 14.7. The van der Waals surface area contributed by atoms with E-state index in [0.717, 1.165) is 21.3 Å². The van der Waals surface area contributed by atoms with E-state index < -0.39 is 0 Å².